The number of carbonyl (C=O) groups is 3. The monoisotopic (exact) mass is 271 g/mol. The van der Waals surface area contributed by atoms with Gasteiger partial charge in [-0.1, -0.05) is 0 Å². The van der Waals surface area contributed by atoms with Crippen molar-refractivity contribution in [3.05, 3.63) is 0 Å². The topological polar surface area (TPSA) is 81.2 Å². The van der Waals surface area contributed by atoms with Crippen molar-refractivity contribution >= 4 is 17.9 Å². The zero-order chi connectivity index (χ0) is 14.6. The van der Waals surface area contributed by atoms with Gasteiger partial charge >= 0.3 is 12.0 Å². The summed E-state index contributed by atoms with van der Waals surface area (Å²) in [7, 11) is 2.92. The molecule has 0 aromatic rings. The van der Waals surface area contributed by atoms with E-state index in [1.807, 2.05) is 0 Å². The molecule has 3 amide bonds. The number of urea groups is 1. The fourth-order valence-corrected chi connectivity index (χ4v) is 1.94. The Morgan fingerprint density at radius 3 is 2.21 bits per heavy atom. The van der Waals surface area contributed by atoms with Crippen LogP contribution in [0.5, 0.6) is 0 Å². The lowest BCUT2D eigenvalue weighted by molar-refractivity contribution is -0.141. The molecule has 0 aromatic carbocycles. The summed E-state index contributed by atoms with van der Waals surface area (Å²) in [5, 5.41) is 8.85. The molecule has 1 unspecified atom stereocenters. The van der Waals surface area contributed by atoms with E-state index in [9.17, 15) is 14.4 Å². The molecule has 1 fully saturated rings. The van der Waals surface area contributed by atoms with Crippen molar-refractivity contribution in [1.29, 1.82) is 0 Å². The number of likely N-dealkylation sites (tertiary alicyclic amines) is 1. The van der Waals surface area contributed by atoms with Crippen LogP contribution in [0.25, 0.3) is 0 Å². The molecule has 1 saturated heterocycles. The Morgan fingerprint density at radius 1 is 1.21 bits per heavy atom. The standard InChI is InChI=1S/C12H21N3O4/c1-9(11(17)18)14(3)12(19)13(2)8-10(16)15-6-4-5-7-15/h9H,4-8H2,1-3H3,(H,17,18). The number of rotatable bonds is 4. The third-order valence-electron chi connectivity index (χ3n) is 3.40. The first-order valence-electron chi connectivity index (χ1n) is 6.33. The molecule has 0 aliphatic carbocycles. The fraction of sp³-hybridized carbons (Fsp3) is 0.750. The number of carboxylic acids is 1. The van der Waals surface area contributed by atoms with Gasteiger partial charge in [-0.15, -0.1) is 0 Å². The van der Waals surface area contributed by atoms with Gasteiger partial charge in [0.1, 0.15) is 12.6 Å². The summed E-state index contributed by atoms with van der Waals surface area (Å²) in [6, 6.07) is -1.39. The van der Waals surface area contributed by atoms with Crippen LogP contribution in [0, 0.1) is 0 Å². The van der Waals surface area contributed by atoms with Crippen molar-refractivity contribution in [3.8, 4) is 0 Å². The average molecular weight is 271 g/mol. The minimum absolute atomic E-state index is 0.0183. The van der Waals surface area contributed by atoms with Crippen LogP contribution in [0.15, 0.2) is 0 Å². The van der Waals surface area contributed by atoms with E-state index in [1.165, 1.54) is 25.9 Å². The Kier molecular flexibility index (Phi) is 5.14. The quantitative estimate of drug-likeness (QED) is 0.784. The maximum absolute atomic E-state index is 12.0. The first-order chi connectivity index (χ1) is 8.84. The summed E-state index contributed by atoms with van der Waals surface area (Å²) in [5.41, 5.74) is 0. The lowest BCUT2D eigenvalue weighted by Crippen LogP contribution is -2.49. The molecule has 1 aliphatic heterocycles. The van der Waals surface area contributed by atoms with E-state index in [0.29, 0.717) is 0 Å². The summed E-state index contributed by atoms with van der Waals surface area (Å²) in [5.74, 6) is -1.17. The van der Waals surface area contributed by atoms with Crippen LogP contribution >= 0.6 is 0 Å². The van der Waals surface area contributed by atoms with Gasteiger partial charge in [0.15, 0.2) is 0 Å². The molecule has 1 heterocycles. The molecule has 1 aliphatic rings. The van der Waals surface area contributed by atoms with E-state index in [1.54, 1.807) is 4.90 Å². The van der Waals surface area contributed by atoms with Crippen LogP contribution in [0.3, 0.4) is 0 Å². The van der Waals surface area contributed by atoms with Crippen molar-refractivity contribution in [2.75, 3.05) is 33.7 Å². The second-order valence-corrected chi connectivity index (χ2v) is 4.85. The number of hydrogen-bond donors (Lipinski definition) is 1. The lowest BCUT2D eigenvalue weighted by atomic mass is 10.3. The third-order valence-corrected chi connectivity index (χ3v) is 3.40. The molecule has 0 bridgehead atoms. The van der Waals surface area contributed by atoms with Crippen molar-refractivity contribution in [2.24, 2.45) is 0 Å². The molecular weight excluding hydrogens is 250 g/mol. The van der Waals surface area contributed by atoms with Crippen LogP contribution in [-0.4, -0.2) is 77.5 Å². The zero-order valence-electron chi connectivity index (χ0n) is 11.6. The SMILES string of the molecule is CC(C(=O)O)N(C)C(=O)N(C)CC(=O)N1CCCC1. The fourth-order valence-electron chi connectivity index (χ4n) is 1.94. The smallest absolute Gasteiger partial charge is 0.326 e. The number of carbonyl (C=O) groups excluding carboxylic acids is 2. The molecule has 0 radical (unpaired) electrons. The van der Waals surface area contributed by atoms with Crippen LogP contribution in [0.2, 0.25) is 0 Å². The van der Waals surface area contributed by atoms with Gasteiger partial charge in [0, 0.05) is 27.2 Å². The zero-order valence-corrected chi connectivity index (χ0v) is 11.6. The number of likely N-dealkylation sites (N-methyl/N-ethyl adjacent to an activating group) is 2. The normalized spacial score (nSPS) is 16.1. The van der Waals surface area contributed by atoms with E-state index in [2.05, 4.69) is 0 Å². The Hall–Kier alpha value is -1.79. The van der Waals surface area contributed by atoms with Gasteiger partial charge in [0.05, 0.1) is 0 Å². The Balaban J connectivity index is 2.52. The second-order valence-electron chi connectivity index (χ2n) is 4.85. The van der Waals surface area contributed by atoms with Crippen LogP contribution in [-0.2, 0) is 9.59 Å². The predicted molar refractivity (Wildman–Crippen MR) is 68.7 cm³/mol. The first-order valence-corrected chi connectivity index (χ1v) is 6.33. The van der Waals surface area contributed by atoms with Gasteiger partial charge < -0.3 is 19.8 Å². The minimum Gasteiger partial charge on any atom is -0.480 e. The summed E-state index contributed by atoms with van der Waals surface area (Å²) in [6.07, 6.45) is 2.00. The van der Waals surface area contributed by atoms with Crippen molar-refractivity contribution < 1.29 is 19.5 Å². The van der Waals surface area contributed by atoms with Crippen molar-refractivity contribution in [2.45, 2.75) is 25.8 Å². The summed E-state index contributed by atoms with van der Waals surface area (Å²) in [4.78, 5) is 38.7. The molecule has 0 spiro atoms. The predicted octanol–water partition coefficient (Wildman–Crippen LogP) is 0.0655. The van der Waals surface area contributed by atoms with Crippen LogP contribution in [0.4, 0.5) is 4.79 Å². The first kappa shape index (κ1) is 15.3. The van der Waals surface area contributed by atoms with Gasteiger partial charge in [0.25, 0.3) is 0 Å². The van der Waals surface area contributed by atoms with Gasteiger partial charge in [-0.2, -0.15) is 0 Å². The van der Waals surface area contributed by atoms with Gasteiger partial charge in [-0.25, -0.2) is 9.59 Å². The van der Waals surface area contributed by atoms with E-state index in [0.717, 1.165) is 30.8 Å². The molecule has 19 heavy (non-hydrogen) atoms. The minimum atomic E-state index is -1.07. The molecule has 7 nitrogen and oxygen atoms in total. The van der Waals surface area contributed by atoms with Gasteiger partial charge in [-0.3, -0.25) is 4.79 Å². The largest absolute Gasteiger partial charge is 0.480 e. The summed E-state index contributed by atoms with van der Waals surface area (Å²) >= 11 is 0. The highest BCUT2D eigenvalue weighted by atomic mass is 16.4. The highest BCUT2D eigenvalue weighted by molar-refractivity contribution is 5.86. The maximum atomic E-state index is 12.0. The number of nitrogens with zero attached hydrogens (tertiary/aromatic N) is 3. The number of aliphatic carboxylic acids is 1. The Morgan fingerprint density at radius 2 is 1.74 bits per heavy atom. The molecule has 108 valence electrons. The maximum Gasteiger partial charge on any atom is 0.326 e. The lowest BCUT2D eigenvalue weighted by Gasteiger charge is -2.28. The van der Waals surface area contributed by atoms with E-state index in [4.69, 9.17) is 5.11 Å². The van der Waals surface area contributed by atoms with E-state index >= 15 is 0 Å². The molecular formula is C12H21N3O4. The number of carboxylic acid groups (broad SMARTS) is 1. The van der Waals surface area contributed by atoms with Crippen LogP contribution < -0.4 is 0 Å². The van der Waals surface area contributed by atoms with E-state index in [-0.39, 0.29) is 12.5 Å². The molecule has 7 heteroatoms. The van der Waals surface area contributed by atoms with Crippen molar-refractivity contribution in [1.82, 2.24) is 14.7 Å². The Labute approximate surface area is 112 Å². The molecule has 0 saturated carbocycles. The highest BCUT2D eigenvalue weighted by Gasteiger charge is 2.26. The summed E-state index contributed by atoms with van der Waals surface area (Å²) in [6.45, 7) is 2.89. The molecule has 1 rings (SSSR count). The van der Waals surface area contributed by atoms with E-state index < -0.39 is 18.0 Å². The molecule has 1 atom stereocenters. The third kappa shape index (κ3) is 3.84. The van der Waals surface area contributed by atoms with Crippen LogP contribution in [0.1, 0.15) is 19.8 Å². The highest BCUT2D eigenvalue weighted by Crippen LogP contribution is 2.08. The van der Waals surface area contributed by atoms with Gasteiger partial charge in [0.2, 0.25) is 5.91 Å². The number of amides is 3. The second kappa shape index (κ2) is 6.40. The van der Waals surface area contributed by atoms with Crippen molar-refractivity contribution in [3.63, 3.8) is 0 Å². The molecule has 0 aromatic heterocycles. The molecule has 1 N–H and O–H groups in total. The average Bonchev–Trinajstić information content (AvgIpc) is 2.89. The summed E-state index contributed by atoms with van der Waals surface area (Å²) < 4.78 is 0. The Bertz CT molecular complexity index is 366. The number of hydrogen-bond acceptors (Lipinski definition) is 3. The van der Waals surface area contributed by atoms with Gasteiger partial charge in [-0.05, 0) is 19.8 Å².